The van der Waals surface area contributed by atoms with Gasteiger partial charge in [0.05, 0.1) is 33.3 Å². The molecule has 5 aromatic heterocycles. The summed E-state index contributed by atoms with van der Waals surface area (Å²) >= 11 is 0. The first-order valence-corrected chi connectivity index (χ1v) is 25.7. The third kappa shape index (κ3) is 5.90. The predicted molar refractivity (Wildman–Crippen MR) is 312 cm³/mol. The zero-order chi connectivity index (χ0) is 49.6. The zero-order valence-corrected chi connectivity index (χ0v) is 40.6. The molecule has 0 fully saturated rings. The normalized spacial score (nSPS) is 12.2. The Labute approximate surface area is 432 Å². The molecule has 0 amide bonds. The van der Waals surface area contributed by atoms with E-state index in [2.05, 4.69) is 228 Å². The predicted octanol–water partition coefficient (Wildman–Crippen LogP) is 18.3. The minimum absolute atomic E-state index is 0.483. The molecule has 352 valence electrons. The minimum atomic E-state index is 0.483. The van der Waals surface area contributed by atoms with Gasteiger partial charge in [-0.1, -0.05) is 146 Å². The molecule has 17 aromatic rings. The van der Waals surface area contributed by atoms with Gasteiger partial charge >= 0.3 is 0 Å². The van der Waals surface area contributed by atoms with Crippen molar-refractivity contribution in [2.75, 3.05) is 0 Å². The lowest BCUT2D eigenvalue weighted by molar-refractivity contribution is 0.668. The summed E-state index contributed by atoms with van der Waals surface area (Å²) in [7, 11) is 0. The molecule has 0 N–H and O–H groups in total. The monoisotopic (exact) mass is 969 g/mol. The van der Waals surface area contributed by atoms with Crippen LogP contribution in [0.25, 0.3) is 165 Å². The molecule has 0 radical (unpaired) electrons. The standard InChI is InChI=1S/C69H39N5O2/c1-2-18-46(19-3-1)73-55-24-12-10-22-49(55)53-37-44(28-32-56(53)73)67-70-68(45-26-30-51-50-23-11-13-25-60(50)75-62(51)39-45)72-69(71-67)65-58(34-31-52-64-48-21-9-7-15-41(48)29-35-61(64)76-66(52)65)74-57-33-27-40-14-6-8-20-47(40)63(57)54-36-42-16-4-5-17-43(42)38-59(54)74/h1-39H. The minimum Gasteiger partial charge on any atom is -0.456 e. The van der Waals surface area contributed by atoms with Crippen molar-refractivity contribution in [3.05, 3.63) is 237 Å². The number of hydrogen-bond donors (Lipinski definition) is 0. The van der Waals surface area contributed by atoms with E-state index >= 15 is 0 Å². The van der Waals surface area contributed by atoms with Crippen molar-refractivity contribution in [1.29, 1.82) is 0 Å². The molecular weight excluding hydrogens is 931 g/mol. The Morgan fingerprint density at radius 3 is 1.70 bits per heavy atom. The summed E-state index contributed by atoms with van der Waals surface area (Å²) in [4.78, 5) is 16.7. The van der Waals surface area contributed by atoms with Gasteiger partial charge in [0.2, 0.25) is 0 Å². The van der Waals surface area contributed by atoms with E-state index < -0.39 is 0 Å². The number of furan rings is 2. The second-order valence-corrected chi connectivity index (χ2v) is 19.9. The van der Waals surface area contributed by atoms with Gasteiger partial charge in [-0.15, -0.1) is 0 Å². The highest BCUT2D eigenvalue weighted by Gasteiger charge is 2.27. The van der Waals surface area contributed by atoms with Crippen LogP contribution < -0.4 is 0 Å². The van der Waals surface area contributed by atoms with E-state index in [9.17, 15) is 0 Å². The van der Waals surface area contributed by atoms with Gasteiger partial charge in [0.25, 0.3) is 0 Å². The van der Waals surface area contributed by atoms with Crippen LogP contribution in [0.1, 0.15) is 0 Å². The molecule has 0 spiro atoms. The fourth-order valence-corrected chi connectivity index (χ4v) is 12.3. The van der Waals surface area contributed by atoms with Gasteiger partial charge in [0.15, 0.2) is 17.5 Å². The molecule has 12 aromatic carbocycles. The first kappa shape index (κ1) is 41.1. The Balaban J connectivity index is 1.00. The van der Waals surface area contributed by atoms with Crippen LogP contribution in [-0.4, -0.2) is 24.1 Å². The van der Waals surface area contributed by atoms with E-state index in [1.165, 1.54) is 21.5 Å². The quantitative estimate of drug-likeness (QED) is 0.172. The van der Waals surface area contributed by atoms with Crippen LogP contribution in [0, 0.1) is 0 Å². The highest BCUT2D eigenvalue weighted by Crippen LogP contribution is 2.46. The second kappa shape index (κ2) is 15.6. The Bertz CT molecular complexity index is 5310. The van der Waals surface area contributed by atoms with Crippen molar-refractivity contribution in [3.8, 4) is 45.5 Å². The molecule has 0 saturated carbocycles. The van der Waals surface area contributed by atoms with Gasteiger partial charge < -0.3 is 18.0 Å². The van der Waals surface area contributed by atoms with Crippen LogP contribution in [-0.2, 0) is 0 Å². The van der Waals surface area contributed by atoms with Crippen molar-refractivity contribution >= 4 is 120 Å². The van der Waals surface area contributed by atoms with E-state index in [0.29, 0.717) is 23.1 Å². The molecule has 17 rings (SSSR count). The number of hydrogen-bond acceptors (Lipinski definition) is 5. The fraction of sp³-hybridized carbons (Fsp3) is 0. The molecule has 0 saturated heterocycles. The number of nitrogens with zero attached hydrogens (tertiary/aromatic N) is 5. The largest absolute Gasteiger partial charge is 0.456 e. The molecule has 0 unspecified atom stereocenters. The number of aromatic nitrogens is 5. The van der Waals surface area contributed by atoms with Gasteiger partial charge in [-0.05, 0) is 123 Å². The lowest BCUT2D eigenvalue weighted by Crippen LogP contribution is -2.04. The maximum Gasteiger partial charge on any atom is 0.170 e. The Hall–Kier alpha value is -10.4. The molecule has 76 heavy (non-hydrogen) atoms. The average Bonchev–Trinajstić information content (AvgIpc) is 4.40. The summed E-state index contributed by atoms with van der Waals surface area (Å²) in [6, 6.07) is 83.9. The molecule has 7 heteroatoms. The fourth-order valence-electron chi connectivity index (χ4n) is 12.3. The van der Waals surface area contributed by atoms with Crippen LogP contribution >= 0.6 is 0 Å². The molecular formula is C69H39N5O2. The molecule has 5 heterocycles. The first-order chi connectivity index (χ1) is 37.7. The van der Waals surface area contributed by atoms with Crippen LogP contribution in [0.5, 0.6) is 0 Å². The Kier molecular flexibility index (Phi) is 8.43. The van der Waals surface area contributed by atoms with Gasteiger partial charge in [-0.2, -0.15) is 0 Å². The van der Waals surface area contributed by atoms with Gasteiger partial charge in [-0.25, -0.2) is 15.0 Å². The smallest absolute Gasteiger partial charge is 0.170 e. The van der Waals surface area contributed by atoms with Gasteiger partial charge in [-0.3, -0.25) is 0 Å². The second-order valence-electron chi connectivity index (χ2n) is 19.9. The topological polar surface area (TPSA) is 74.8 Å². The van der Waals surface area contributed by atoms with Crippen molar-refractivity contribution < 1.29 is 8.83 Å². The maximum absolute atomic E-state index is 7.25. The molecule has 0 bridgehead atoms. The number of fused-ring (bicyclic) bond motifs is 17. The Morgan fingerprint density at radius 1 is 0.289 bits per heavy atom. The van der Waals surface area contributed by atoms with Crippen LogP contribution in [0.3, 0.4) is 0 Å². The van der Waals surface area contributed by atoms with Crippen molar-refractivity contribution in [1.82, 2.24) is 24.1 Å². The number of para-hydroxylation sites is 3. The number of rotatable bonds is 5. The average molecular weight is 970 g/mol. The number of benzene rings is 12. The van der Waals surface area contributed by atoms with E-state index in [0.717, 1.165) is 121 Å². The zero-order valence-electron chi connectivity index (χ0n) is 40.6. The molecule has 0 atom stereocenters. The SMILES string of the molecule is c1ccc(-n2c3ccccc3c3cc(-c4nc(-c5ccc6c(c5)oc5ccccc56)nc(-c5c(-n6c7cc8ccccc8cc7c7c8ccccc8ccc76)ccc6c5oc5ccc7ccccc7c56)n4)ccc32)cc1. The first-order valence-electron chi connectivity index (χ1n) is 25.7. The summed E-state index contributed by atoms with van der Waals surface area (Å²) in [5.41, 5.74) is 11.8. The third-order valence-corrected chi connectivity index (χ3v) is 15.7. The van der Waals surface area contributed by atoms with E-state index in [-0.39, 0.29) is 0 Å². The highest BCUT2D eigenvalue weighted by molar-refractivity contribution is 6.25. The third-order valence-electron chi connectivity index (χ3n) is 15.7. The summed E-state index contributed by atoms with van der Waals surface area (Å²) < 4.78 is 18.5. The van der Waals surface area contributed by atoms with Crippen molar-refractivity contribution in [3.63, 3.8) is 0 Å². The van der Waals surface area contributed by atoms with Crippen LogP contribution in [0.2, 0.25) is 0 Å². The summed E-state index contributed by atoms with van der Waals surface area (Å²) in [6.45, 7) is 0. The van der Waals surface area contributed by atoms with Gasteiger partial charge in [0, 0.05) is 59.9 Å². The molecule has 0 aliphatic heterocycles. The van der Waals surface area contributed by atoms with Gasteiger partial charge in [0.1, 0.15) is 22.3 Å². The Morgan fingerprint density at radius 2 is 0.882 bits per heavy atom. The lowest BCUT2D eigenvalue weighted by Gasteiger charge is -2.16. The molecule has 7 nitrogen and oxygen atoms in total. The summed E-state index contributed by atoms with van der Waals surface area (Å²) in [6.07, 6.45) is 0. The maximum atomic E-state index is 7.25. The van der Waals surface area contributed by atoms with E-state index in [1.807, 2.05) is 18.2 Å². The summed E-state index contributed by atoms with van der Waals surface area (Å²) in [5, 5.41) is 15.6. The van der Waals surface area contributed by atoms with Crippen LogP contribution in [0.15, 0.2) is 245 Å². The lowest BCUT2D eigenvalue weighted by atomic mass is 10.0. The van der Waals surface area contributed by atoms with Crippen molar-refractivity contribution in [2.24, 2.45) is 0 Å². The van der Waals surface area contributed by atoms with Crippen molar-refractivity contribution in [2.45, 2.75) is 0 Å². The van der Waals surface area contributed by atoms with E-state index in [1.54, 1.807) is 0 Å². The van der Waals surface area contributed by atoms with E-state index in [4.69, 9.17) is 23.8 Å². The molecule has 0 aliphatic carbocycles. The summed E-state index contributed by atoms with van der Waals surface area (Å²) in [5.74, 6) is 1.53. The van der Waals surface area contributed by atoms with Crippen LogP contribution in [0.4, 0.5) is 0 Å². The molecule has 0 aliphatic rings. The highest BCUT2D eigenvalue weighted by atomic mass is 16.3.